The first-order valence-corrected chi connectivity index (χ1v) is 6.98. The van der Waals surface area contributed by atoms with Crippen LogP contribution >= 0.6 is 0 Å². The predicted octanol–water partition coefficient (Wildman–Crippen LogP) is 2.60. The topological polar surface area (TPSA) is 79.1 Å². The summed E-state index contributed by atoms with van der Waals surface area (Å²) in [4.78, 5) is 15.4. The molecule has 4 nitrogen and oxygen atoms in total. The molecule has 0 aliphatic rings. The van der Waals surface area contributed by atoms with Gasteiger partial charge in [-0.25, -0.2) is 0 Å². The second kappa shape index (κ2) is 5.67. The maximum atomic E-state index is 12.2. The second-order valence-electron chi connectivity index (χ2n) is 5.79. The van der Waals surface area contributed by atoms with Crippen molar-refractivity contribution in [2.75, 3.05) is 0 Å². The summed E-state index contributed by atoms with van der Waals surface area (Å²) in [6.07, 6.45) is 2.34. The van der Waals surface area contributed by atoms with Crippen LogP contribution in [-0.4, -0.2) is 21.9 Å². The van der Waals surface area contributed by atoms with Gasteiger partial charge in [0.1, 0.15) is 5.75 Å². The van der Waals surface area contributed by atoms with E-state index in [0.717, 1.165) is 16.5 Å². The Hall–Kier alpha value is -1.81. The van der Waals surface area contributed by atoms with E-state index in [9.17, 15) is 9.90 Å². The predicted molar refractivity (Wildman–Crippen MR) is 80.7 cm³/mol. The van der Waals surface area contributed by atoms with Crippen LogP contribution in [0.25, 0.3) is 10.9 Å². The number of aromatic hydroxyl groups is 1. The lowest BCUT2D eigenvalue weighted by molar-refractivity contribution is -0.124. The Morgan fingerprint density at radius 1 is 1.35 bits per heavy atom. The summed E-state index contributed by atoms with van der Waals surface area (Å²) in [5.74, 6) is 0.562. The molecule has 4 heteroatoms. The Bertz CT molecular complexity index is 616. The van der Waals surface area contributed by atoms with Gasteiger partial charge in [0.2, 0.25) is 0 Å². The van der Waals surface area contributed by atoms with E-state index in [2.05, 4.69) is 4.98 Å². The van der Waals surface area contributed by atoms with Crippen LogP contribution < -0.4 is 5.73 Å². The summed E-state index contributed by atoms with van der Waals surface area (Å²) in [6, 6.07) is 4.64. The van der Waals surface area contributed by atoms with E-state index in [-0.39, 0.29) is 17.5 Å². The van der Waals surface area contributed by atoms with Crippen LogP contribution in [0.4, 0.5) is 0 Å². The van der Waals surface area contributed by atoms with Crippen molar-refractivity contribution in [2.24, 2.45) is 17.6 Å². The van der Waals surface area contributed by atoms with Gasteiger partial charge in [-0.2, -0.15) is 0 Å². The Labute approximate surface area is 119 Å². The molecule has 1 aromatic heterocycles. The number of Topliss-reactive ketones (excluding diaryl/α,β-unsaturated/α-hetero) is 1. The molecule has 0 saturated carbocycles. The Balaban J connectivity index is 2.19. The van der Waals surface area contributed by atoms with Crippen LogP contribution in [-0.2, 0) is 11.2 Å². The van der Waals surface area contributed by atoms with Crippen LogP contribution in [0.1, 0.15) is 26.3 Å². The quantitative estimate of drug-likeness (QED) is 0.784. The van der Waals surface area contributed by atoms with Crippen LogP contribution in [0.3, 0.4) is 0 Å². The zero-order valence-electron chi connectivity index (χ0n) is 12.2. The van der Waals surface area contributed by atoms with Crippen LogP contribution in [0.5, 0.6) is 5.75 Å². The van der Waals surface area contributed by atoms with Crippen molar-refractivity contribution >= 4 is 16.7 Å². The van der Waals surface area contributed by atoms with Crippen molar-refractivity contribution in [1.82, 2.24) is 4.98 Å². The number of ketones is 1. The first-order valence-electron chi connectivity index (χ1n) is 6.98. The van der Waals surface area contributed by atoms with E-state index < -0.39 is 6.04 Å². The normalized spacial score (nSPS) is 14.7. The first-order chi connectivity index (χ1) is 9.40. The zero-order chi connectivity index (χ0) is 14.9. The van der Waals surface area contributed by atoms with Gasteiger partial charge in [-0.1, -0.05) is 20.8 Å². The third-order valence-corrected chi connectivity index (χ3v) is 4.01. The Kier molecular flexibility index (Phi) is 4.14. The number of rotatable bonds is 5. The minimum Gasteiger partial charge on any atom is -0.508 e. The SMILES string of the molecule is CC(C)C(C)C(=O)[C@@H](N)Cc1c[nH]c2ccc(O)cc12. The van der Waals surface area contributed by atoms with Crippen molar-refractivity contribution < 1.29 is 9.90 Å². The number of carbonyl (C=O) groups excluding carboxylic acids is 1. The molecule has 20 heavy (non-hydrogen) atoms. The third kappa shape index (κ3) is 2.85. The largest absolute Gasteiger partial charge is 0.508 e. The molecular weight excluding hydrogens is 252 g/mol. The van der Waals surface area contributed by atoms with Crippen molar-refractivity contribution in [3.63, 3.8) is 0 Å². The molecule has 0 aliphatic heterocycles. The van der Waals surface area contributed by atoms with E-state index in [4.69, 9.17) is 5.73 Å². The fraction of sp³-hybridized carbons (Fsp3) is 0.438. The molecule has 4 N–H and O–H groups in total. The number of carbonyl (C=O) groups is 1. The van der Waals surface area contributed by atoms with Gasteiger partial charge in [-0.05, 0) is 36.1 Å². The van der Waals surface area contributed by atoms with Gasteiger partial charge < -0.3 is 15.8 Å². The minimum atomic E-state index is -0.506. The second-order valence-corrected chi connectivity index (χ2v) is 5.79. The summed E-state index contributed by atoms with van der Waals surface area (Å²) in [5.41, 5.74) is 7.95. The van der Waals surface area contributed by atoms with Gasteiger partial charge in [0.25, 0.3) is 0 Å². The number of benzene rings is 1. The molecule has 2 rings (SSSR count). The lowest BCUT2D eigenvalue weighted by Crippen LogP contribution is -2.38. The molecule has 2 atom stereocenters. The standard InChI is InChI=1S/C16H22N2O2/c1-9(2)10(3)16(20)14(17)6-11-8-18-15-5-4-12(19)7-13(11)15/h4-5,7-10,14,18-19H,6,17H2,1-3H3/t10?,14-/m0/s1. The Morgan fingerprint density at radius 2 is 2.05 bits per heavy atom. The molecule has 0 aliphatic carbocycles. The molecule has 1 heterocycles. The number of aromatic amines is 1. The highest BCUT2D eigenvalue weighted by atomic mass is 16.3. The molecule has 2 aromatic rings. The van der Waals surface area contributed by atoms with Gasteiger partial charge in [0.15, 0.2) is 5.78 Å². The van der Waals surface area contributed by atoms with Crippen molar-refractivity contribution in [1.29, 1.82) is 0 Å². The average Bonchev–Trinajstić information content (AvgIpc) is 2.79. The first kappa shape index (κ1) is 14.6. The van der Waals surface area contributed by atoms with E-state index in [1.807, 2.05) is 33.0 Å². The van der Waals surface area contributed by atoms with E-state index in [1.165, 1.54) is 0 Å². The lowest BCUT2D eigenvalue weighted by atomic mass is 9.88. The monoisotopic (exact) mass is 274 g/mol. The van der Waals surface area contributed by atoms with Crippen molar-refractivity contribution in [2.45, 2.75) is 33.2 Å². The fourth-order valence-electron chi connectivity index (χ4n) is 2.34. The molecule has 0 saturated heterocycles. The van der Waals surface area contributed by atoms with E-state index in [0.29, 0.717) is 12.3 Å². The number of hydrogen-bond donors (Lipinski definition) is 3. The number of hydrogen-bond acceptors (Lipinski definition) is 3. The number of nitrogens with two attached hydrogens (primary N) is 1. The number of H-pyrrole nitrogens is 1. The number of phenols is 1. The van der Waals surface area contributed by atoms with Crippen molar-refractivity contribution in [3.05, 3.63) is 30.0 Å². The van der Waals surface area contributed by atoms with Gasteiger partial charge in [0.05, 0.1) is 6.04 Å². The molecular formula is C16H22N2O2. The number of phenolic OH excluding ortho intramolecular Hbond substituents is 1. The number of nitrogens with one attached hydrogen (secondary N) is 1. The zero-order valence-corrected chi connectivity index (χ0v) is 12.2. The number of fused-ring (bicyclic) bond motifs is 1. The summed E-state index contributed by atoms with van der Waals surface area (Å²) in [5, 5.41) is 10.5. The highest BCUT2D eigenvalue weighted by Gasteiger charge is 2.23. The smallest absolute Gasteiger partial charge is 0.152 e. The molecule has 108 valence electrons. The molecule has 0 bridgehead atoms. The summed E-state index contributed by atoms with van der Waals surface area (Å²) < 4.78 is 0. The Morgan fingerprint density at radius 3 is 2.70 bits per heavy atom. The molecule has 0 radical (unpaired) electrons. The summed E-state index contributed by atoms with van der Waals surface area (Å²) in [6.45, 7) is 5.98. The fourth-order valence-corrected chi connectivity index (χ4v) is 2.34. The van der Waals surface area contributed by atoms with Gasteiger partial charge in [0, 0.05) is 23.0 Å². The third-order valence-electron chi connectivity index (χ3n) is 4.01. The minimum absolute atomic E-state index is 0.0383. The molecule has 1 unspecified atom stereocenters. The molecule has 1 aromatic carbocycles. The summed E-state index contributed by atoms with van der Waals surface area (Å²) in [7, 11) is 0. The number of aromatic nitrogens is 1. The van der Waals surface area contributed by atoms with Gasteiger partial charge in [-0.15, -0.1) is 0 Å². The van der Waals surface area contributed by atoms with Gasteiger partial charge >= 0.3 is 0 Å². The molecule has 0 spiro atoms. The van der Waals surface area contributed by atoms with Crippen LogP contribution in [0, 0.1) is 11.8 Å². The van der Waals surface area contributed by atoms with Crippen molar-refractivity contribution in [3.8, 4) is 5.75 Å². The van der Waals surface area contributed by atoms with Crippen LogP contribution in [0.15, 0.2) is 24.4 Å². The molecule has 0 amide bonds. The summed E-state index contributed by atoms with van der Waals surface area (Å²) >= 11 is 0. The maximum Gasteiger partial charge on any atom is 0.152 e. The highest BCUT2D eigenvalue weighted by Crippen LogP contribution is 2.24. The van der Waals surface area contributed by atoms with Gasteiger partial charge in [-0.3, -0.25) is 4.79 Å². The van der Waals surface area contributed by atoms with E-state index >= 15 is 0 Å². The lowest BCUT2D eigenvalue weighted by Gasteiger charge is -2.18. The van der Waals surface area contributed by atoms with Crippen LogP contribution in [0.2, 0.25) is 0 Å². The molecule has 0 fully saturated rings. The maximum absolute atomic E-state index is 12.2. The average molecular weight is 274 g/mol. The van der Waals surface area contributed by atoms with E-state index in [1.54, 1.807) is 12.1 Å². The highest BCUT2D eigenvalue weighted by molar-refractivity contribution is 5.88.